The molecule has 1 N–H and O–H groups in total. The number of aliphatic hydroxyl groups is 1. The Morgan fingerprint density at radius 1 is 1.44 bits per heavy atom. The fraction of sp³-hybridized carbons (Fsp3) is 0.429. The molecule has 0 aromatic heterocycles. The van der Waals surface area contributed by atoms with Crippen LogP contribution >= 0.6 is 0 Å². The van der Waals surface area contributed by atoms with E-state index in [0.29, 0.717) is 0 Å². The summed E-state index contributed by atoms with van der Waals surface area (Å²) >= 11 is 0. The zero-order valence-electron chi connectivity index (χ0n) is 9.49. The van der Waals surface area contributed by atoms with Crippen molar-refractivity contribution in [1.29, 1.82) is 0 Å². The molecule has 0 bridgehead atoms. The summed E-state index contributed by atoms with van der Waals surface area (Å²) in [7, 11) is 0. The number of rotatable bonds is 3. The molecule has 1 aromatic carbocycles. The van der Waals surface area contributed by atoms with Crippen LogP contribution in [0.4, 0.5) is 0 Å². The van der Waals surface area contributed by atoms with E-state index in [4.69, 9.17) is 9.84 Å². The maximum atomic E-state index is 8.63. The molecule has 0 amide bonds. The predicted molar refractivity (Wildman–Crippen MR) is 63.4 cm³/mol. The smallest absolute Gasteiger partial charge is 0.119 e. The Bertz CT molecular complexity index is 422. The molecule has 0 radical (unpaired) electrons. The molecule has 1 saturated carbocycles. The Balaban J connectivity index is 2.02. The molecule has 1 aliphatic rings. The van der Waals surface area contributed by atoms with Crippen LogP contribution in [0.25, 0.3) is 0 Å². The van der Waals surface area contributed by atoms with Gasteiger partial charge < -0.3 is 9.84 Å². The second-order valence-electron chi connectivity index (χ2n) is 4.19. The van der Waals surface area contributed by atoms with Crippen molar-refractivity contribution >= 4 is 0 Å². The van der Waals surface area contributed by atoms with Crippen molar-refractivity contribution < 1.29 is 9.84 Å². The van der Waals surface area contributed by atoms with Gasteiger partial charge in [-0.3, -0.25) is 0 Å². The van der Waals surface area contributed by atoms with E-state index >= 15 is 0 Å². The first kappa shape index (κ1) is 11.0. The third kappa shape index (κ3) is 3.01. The number of aliphatic hydroxyl groups excluding tert-OH is 1. The first-order valence-corrected chi connectivity index (χ1v) is 5.63. The normalized spacial score (nSPS) is 14.1. The van der Waals surface area contributed by atoms with Gasteiger partial charge in [0.1, 0.15) is 12.4 Å². The highest BCUT2D eigenvalue weighted by atomic mass is 16.5. The third-order valence-corrected chi connectivity index (χ3v) is 2.68. The highest BCUT2D eigenvalue weighted by Crippen LogP contribution is 2.29. The van der Waals surface area contributed by atoms with Gasteiger partial charge >= 0.3 is 0 Å². The van der Waals surface area contributed by atoms with Gasteiger partial charge in [0.2, 0.25) is 0 Å². The first-order valence-electron chi connectivity index (χ1n) is 5.63. The van der Waals surface area contributed by atoms with Crippen molar-refractivity contribution in [2.45, 2.75) is 19.8 Å². The highest BCUT2D eigenvalue weighted by molar-refractivity contribution is 5.44. The SMILES string of the molecule is Cc1cc(OCC2CC2)ccc1C#CCO. The van der Waals surface area contributed by atoms with Gasteiger partial charge in [-0.1, -0.05) is 11.8 Å². The minimum Gasteiger partial charge on any atom is -0.493 e. The summed E-state index contributed by atoms with van der Waals surface area (Å²) in [6.45, 7) is 2.74. The van der Waals surface area contributed by atoms with Crippen molar-refractivity contribution in [3.8, 4) is 17.6 Å². The molecule has 2 rings (SSSR count). The number of aryl methyl sites for hydroxylation is 1. The molecule has 0 aliphatic heterocycles. The summed E-state index contributed by atoms with van der Waals surface area (Å²) in [6.07, 6.45) is 2.61. The summed E-state index contributed by atoms with van der Waals surface area (Å²) < 4.78 is 5.67. The minimum atomic E-state index is -0.0978. The van der Waals surface area contributed by atoms with Crippen LogP contribution in [-0.2, 0) is 0 Å². The lowest BCUT2D eigenvalue weighted by Crippen LogP contribution is -1.99. The summed E-state index contributed by atoms with van der Waals surface area (Å²) in [4.78, 5) is 0. The molecule has 0 spiro atoms. The molecule has 2 heteroatoms. The summed E-state index contributed by atoms with van der Waals surface area (Å²) in [5.74, 6) is 7.25. The summed E-state index contributed by atoms with van der Waals surface area (Å²) in [5, 5.41) is 8.63. The quantitative estimate of drug-likeness (QED) is 0.784. The Morgan fingerprint density at radius 2 is 2.25 bits per heavy atom. The van der Waals surface area contributed by atoms with Crippen LogP contribution in [0, 0.1) is 24.7 Å². The number of benzene rings is 1. The van der Waals surface area contributed by atoms with Crippen LogP contribution in [-0.4, -0.2) is 18.3 Å². The van der Waals surface area contributed by atoms with Gasteiger partial charge in [-0.25, -0.2) is 0 Å². The largest absolute Gasteiger partial charge is 0.493 e. The van der Waals surface area contributed by atoms with Gasteiger partial charge in [-0.05, 0) is 49.4 Å². The van der Waals surface area contributed by atoms with Crippen molar-refractivity contribution in [2.24, 2.45) is 5.92 Å². The van der Waals surface area contributed by atoms with E-state index in [1.807, 2.05) is 25.1 Å². The van der Waals surface area contributed by atoms with Gasteiger partial charge in [0.25, 0.3) is 0 Å². The van der Waals surface area contributed by atoms with Crippen molar-refractivity contribution in [2.75, 3.05) is 13.2 Å². The van der Waals surface area contributed by atoms with Crippen molar-refractivity contribution in [3.63, 3.8) is 0 Å². The fourth-order valence-corrected chi connectivity index (χ4v) is 1.50. The van der Waals surface area contributed by atoms with Gasteiger partial charge in [0, 0.05) is 5.56 Å². The van der Waals surface area contributed by atoms with E-state index in [1.54, 1.807) is 0 Å². The molecule has 1 aromatic rings. The standard InChI is InChI=1S/C14H16O2/c1-11-9-14(16-10-12-4-5-12)7-6-13(11)3-2-8-15/h6-7,9,12,15H,4-5,8,10H2,1H3. The average molecular weight is 216 g/mol. The summed E-state index contributed by atoms with van der Waals surface area (Å²) in [6, 6.07) is 5.89. The lowest BCUT2D eigenvalue weighted by molar-refractivity contribution is 0.299. The van der Waals surface area contributed by atoms with Crippen molar-refractivity contribution in [1.82, 2.24) is 0 Å². The molecule has 0 unspecified atom stereocenters. The maximum Gasteiger partial charge on any atom is 0.119 e. The lowest BCUT2D eigenvalue weighted by Gasteiger charge is -2.06. The number of ether oxygens (including phenoxy) is 1. The van der Waals surface area contributed by atoms with E-state index in [0.717, 1.165) is 29.4 Å². The molecular formula is C14H16O2. The average Bonchev–Trinajstić information content (AvgIpc) is 3.09. The first-order chi connectivity index (χ1) is 7.79. The molecule has 1 aliphatic carbocycles. The van der Waals surface area contributed by atoms with Gasteiger partial charge in [-0.15, -0.1) is 0 Å². The molecule has 0 heterocycles. The Kier molecular flexibility index (Phi) is 3.48. The Hall–Kier alpha value is -1.46. The second kappa shape index (κ2) is 5.05. The molecule has 84 valence electrons. The highest BCUT2D eigenvalue weighted by Gasteiger charge is 2.21. The third-order valence-electron chi connectivity index (χ3n) is 2.68. The Morgan fingerprint density at radius 3 is 2.88 bits per heavy atom. The molecule has 0 saturated heterocycles. The van der Waals surface area contributed by atoms with Gasteiger partial charge in [-0.2, -0.15) is 0 Å². The lowest BCUT2D eigenvalue weighted by atomic mass is 10.1. The monoisotopic (exact) mass is 216 g/mol. The zero-order chi connectivity index (χ0) is 11.4. The number of hydrogen-bond donors (Lipinski definition) is 1. The van der Waals surface area contributed by atoms with Crippen molar-refractivity contribution in [3.05, 3.63) is 29.3 Å². The molecule has 0 atom stereocenters. The molecular weight excluding hydrogens is 200 g/mol. The van der Waals surface area contributed by atoms with E-state index < -0.39 is 0 Å². The van der Waals surface area contributed by atoms with Crippen LogP contribution in [0.3, 0.4) is 0 Å². The van der Waals surface area contributed by atoms with E-state index in [2.05, 4.69) is 11.8 Å². The Labute approximate surface area is 96.3 Å². The van der Waals surface area contributed by atoms with Crippen LogP contribution in [0.15, 0.2) is 18.2 Å². The van der Waals surface area contributed by atoms with E-state index in [-0.39, 0.29) is 6.61 Å². The second-order valence-corrected chi connectivity index (χ2v) is 4.19. The fourth-order valence-electron chi connectivity index (χ4n) is 1.50. The summed E-state index contributed by atoms with van der Waals surface area (Å²) in [5.41, 5.74) is 2.04. The van der Waals surface area contributed by atoms with Crippen LogP contribution in [0.5, 0.6) is 5.75 Å². The molecule has 2 nitrogen and oxygen atoms in total. The minimum absolute atomic E-state index is 0.0978. The molecule has 16 heavy (non-hydrogen) atoms. The zero-order valence-corrected chi connectivity index (χ0v) is 9.49. The molecule has 1 fully saturated rings. The van der Waals surface area contributed by atoms with E-state index in [9.17, 15) is 0 Å². The predicted octanol–water partition coefficient (Wildman–Crippen LogP) is 2.13. The maximum absolute atomic E-state index is 8.63. The van der Waals surface area contributed by atoms with Gasteiger partial charge in [0.05, 0.1) is 6.61 Å². The van der Waals surface area contributed by atoms with E-state index in [1.165, 1.54) is 12.8 Å². The van der Waals surface area contributed by atoms with Gasteiger partial charge in [0.15, 0.2) is 0 Å². The number of hydrogen-bond acceptors (Lipinski definition) is 2. The van der Waals surface area contributed by atoms with Crippen LogP contribution < -0.4 is 4.74 Å². The van der Waals surface area contributed by atoms with Crippen LogP contribution in [0.1, 0.15) is 24.0 Å². The topological polar surface area (TPSA) is 29.5 Å². The van der Waals surface area contributed by atoms with Crippen LogP contribution in [0.2, 0.25) is 0 Å².